The van der Waals surface area contributed by atoms with E-state index in [1.165, 1.54) is 44.9 Å². The summed E-state index contributed by atoms with van der Waals surface area (Å²) in [5.41, 5.74) is 1.49. The topological polar surface area (TPSA) is 58.6 Å². The van der Waals surface area contributed by atoms with E-state index >= 15 is 0 Å². The third kappa shape index (κ3) is 4.97. The molecule has 1 aliphatic carbocycles. The first kappa shape index (κ1) is 21.1. The number of nitrogens with zero attached hydrogens (tertiary/aromatic N) is 2. The second kappa shape index (κ2) is 8.69. The van der Waals surface area contributed by atoms with E-state index in [4.69, 9.17) is 9.52 Å². The van der Waals surface area contributed by atoms with Crippen LogP contribution in [0.25, 0.3) is 0 Å². The fourth-order valence-corrected chi connectivity index (χ4v) is 3.76. The smallest absolute Gasteiger partial charge is 0.250 e. The molecule has 0 amide bonds. The molecule has 1 fully saturated rings. The standard InChI is InChI=1S/C22H38N2O2/c1-7-9-18(13-12-17-10-8-11-17)22(5,6)16(2)23-20-14-19(24-26-20)21(3,4)15-25/h14,17-18,25H,7-13,15H2,1-6H3. The van der Waals surface area contributed by atoms with Crippen molar-refractivity contribution in [3.8, 4) is 0 Å². The van der Waals surface area contributed by atoms with Crippen molar-refractivity contribution in [3.05, 3.63) is 11.8 Å². The van der Waals surface area contributed by atoms with Crippen LogP contribution in [0.15, 0.2) is 15.6 Å². The highest BCUT2D eigenvalue weighted by atomic mass is 16.5. The summed E-state index contributed by atoms with van der Waals surface area (Å²) in [4.78, 5) is 4.77. The Balaban J connectivity index is 2.12. The molecule has 148 valence electrons. The molecule has 1 atom stereocenters. The number of aromatic nitrogens is 1. The van der Waals surface area contributed by atoms with E-state index in [-0.39, 0.29) is 12.0 Å². The summed E-state index contributed by atoms with van der Waals surface area (Å²) >= 11 is 0. The summed E-state index contributed by atoms with van der Waals surface area (Å²) in [7, 11) is 0. The Kier molecular flexibility index (Phi) is 7.06. The molecule has 0 aliphatic heterocycles. The first-order valence-electron chi connectivity index (χ1n) is 10.3. The molecule has 26 heavy (non-hydrogen) atoms. The summed E-state index contributed by atoms with van der Waals surface area (Å²) in [5.74, 6) is 2.15. The van der Waals surface area contributed by atoms with Gasteiger partial charge in [-0.1, -0.05) is 71.9 Å². The summed E-state index contributed by atoms with van der Waals surface area (Å²) in [6, 6.07) is 1.86. The molecule has 4 heteroatoms. The van der Waals surface area contributed by atoms with Gasteiger partial charge in [-0.15, -0.1) is 0 Å². The van der Waals surface area contributed by atoms with Crippen LogP contribution in [0.2, 0.25) is 0 Å². The van der Waals surface area contributed by atoms with Crippen molar-refractivity contribution in [2.75, 3.05) is 6.61 Å². The zero-order chi connectivity index (χ0) is 19.4. The monoisotopic (exact) mass is 362 g/mol. The first-order chi connectivity index (χ1) is 12.2. The lowest BCUT2D eigenvalue weighted by Gasteiger charge is -2.36. The van der Waals surface area contributed by atoms with Crippen LogP contribution in [0, 0.1) is 17.3 Å². The molecule has 0 aromatic carbocycles. The van der Waals surface area contributed by atoms with E-state index in [1.807, 2.05) is 19.9 Å². The molecular weight excluding hydrogens is 324 g/mol. The normalized spacial score (nSPS) is 18.0. The van der Waals surface area contributed by atoms with Crippen molar-refractivity contribution < 1.29 is 9.63 Å². The number of hydrogen-bond donors (Lipinski definition) is 1. The van der Waals surface area contributed by atoms with Gasteiger partial charge in [0.15, 0.2) is 0 Å². The summed E-state index contributed by atoms with van der Waals surface area (Å²) in [6.07, 6.45) is 9.37. The van der Waals surface area contributed by atoms with Gasteiger partial charge in [0.2, 0.25) is 0 Å². The lowest BCUT2D eigenvalue weighted by Crippen LogP contribution is -2.32. The molecular formula is C22H38N2O2. The highest BCUT2D eigenvalue weighted by molar-refractivity contribution is 5.89. The highest BCUT2D eigenvalue weighted by Crippen LogP contribution is 2.40. The van der Waals surface area contributed by atoms with Gasteiger partial charge >= 0.3 is 0 Å². The molecule has 2 rings (SSSR count). The third-order valence-electron chi connectivity index (χ3n) is 6.60. The number of aliphatic imine (C=N–C) groups is 1. The Hall–Kier alpha value is -1.16. The molecule has 1 N–H and O–H groups in total. The zero-order valence-electron chi connectivity index (χ0n) is 17.6. The second-order valence-corrected chi connectivity index (χ2v) is 9.37. The molecule has 0 saturated heterocycles. The van der Waals surface area contributed by atoms with Crippen LogP contribution < -0.4 is 0 Å². The van der Waals surface area contributed by atoms with Crippen molar-refractivity contribution in [1.29, 1.82) is 0 Å². The summed E-state index contributed by atoms with van der Waals surface area (Å²) in [6.45, 7) is 13.0. The van der Waals surface area contributed by atoms with E-state index in [9.17, 15) is 5.11 Å². The minimum atomic E-state index is -0.409. The van der Waals surface area contributed by atoms with Crippen LogP contribution in [0.3, 0.4) is 0 Å². The van der Waals surface area contributed by atoms with Crippen LogP contribution >= 0.6 is 0 Å². The van der Waals surface area contributed by atoms with Gasteiger partial charge in [-0.2, -0.15) is 0 Å². The number of rotatable bonds is 10. The molecule has 1 unspecified atom stereocenters. The maximum absolute atomic E-state index is 9.51. The van der Waals surface area contributed by atoms with Gasteiger partial charge in [0, 0.05) is 22.6 Å². The molecule has 0 spiro atoms. The Bertz CT molecular complexity index is 597. The van der Waals surface area contributed by atoms with Gasteiger partial charge in [-0.3, -0.25) is 0 Å². The van der Waals surface area contributed by atoms with Gasteiger partial charge in [0.05, 0.1) is 12.3 Å². The van der Waals surface area contributed by atoms with Gasteiger partial charge in [-0.25, -0.2) is 4.99 Å². The Labute approximate surface area is 159 Å². The molecule has 4 nitrogen and oxygen atoms in total. The van der Waals surface area contributed by atoms with Crippen LogP contribution in [0.5, 0.6) is 0 Å². The largest absolute Gasteiger partial charge is 0.395 e. The average molecular weight is 363 g/mol. The molecule has 1 saturated carbocycles. The molecule has 1 heterocycles. The molecule has 0 bridgehead atoms. The maximum Gasteiger partial charge on any atom is 0.250 e. The predicted octanol–water partition coefficient (Wildman–Crippen LogP) is 6.06. The number of hydrogen-bond acceptors (Lipinski definition) is 4. The van der Waals surface area contributed by atoms with Crippen LogP contribution in [0.1, 0.15) is 92.2 Å². The summed E-state index contributed by atoms with van der Waals surface area (Å²) < 4.78 is 5.43. The SMILES string of the molecule is CCCC(CCC1CCC1)C(C)(C)C(C)=Nc1cc(C(C)(C)CO)no1. The minimum absolute atomic E-state index is 0.0346. The van der Waals surface area contributed by atoms with Crippen LogP contribution in [-0.2, 0) is 5.41 Å². The molecule has 0 radical (unpaired) electrons. The van der Waals surface area contributed by atoms with E-state index in [2.05, 4.69) is 32.9 Å². The predicted molar refractivity (Wildman–Crippen MR) is 108 cm³/mol. The van der Waals surface area contributed by atoms with Crippen LogP contribution in [-0.4, -0.2) is 22.6 Å². The Morgan fingerprint density at radius 3 is 2.54 bits per heavy atom. The fourth-order valence-electron chi connectivity index (χ4n) is 3.76. The van der Waals surface area contributed by atoms with E-state index < -0.39 is 5.41 Å². The van der Waals surface area contributed by atoms with Crippen molar-refractivity contribution in [2.45, 2.75) is 91.9 Å². The van der Waals surface area contributed by atoms with Crippen molar-refractivity contribution in [2.24, 2.45) is 22.2 Å². The van der Waals surface area contributed by atoms with E-state index in [0.717, 1.165) is 17.3 Å². The first-order valence-corrected chi connectivity index (χ1v) is 10.3. The molecule has 1 aliphatic rings. The number of aliphatic hydroxyl groups excluding tert-OH is 1. The zero-order valence-corrected chi connectivity index (χ0v) is 17.6. The lowest BCUT2D eigenvalue weighted by atomic mass is 9.69. The van der Waals surface area contributed by atoms with Crippen molar-refractivity contribution in [3.63, 3.8) is 0 Å². The van der Waals surface area contributed by atoms with Crippen LogP contribution in [0.4, 0.5) is 5.88 Å². The van der Waals surface area contributed by atoms with Gasteiger partial charge in [-0.05, 0) is 31.6 Å². The van der Waals surface area contributed by atoms with Gasteiger partial charge < -0.3 is 9.63 Å². The summed E-state index contributed by atoms with van der Waals surface area (Å²) in [5, 5.41) is 13.6. The average Bonchev–Trinajstić information content (AvgIpc) is 3.01. The minimum Gasteiger partial charge on any atom is -0.395 e. The van der Waals surface area contributed by atoms with E-state index in [1.54, 1.807) is 0 Å². The second-order valence-electron chi connectivity index (χ2n) is 9.37. The maximum atomic E-state index is 9.51. The Morgan fingerprint density at radius 1 is 1.31 bits per heavy atom. The van der Waals surface area contributed by atoms with Crippen molar-refractivity contribution >= 4 is 11.6 Å². The molecule has 1 aromatic heterocycles. The van der Waals surface area contributed by atoms with Gasteiger partial charge in [0.1, 0.15) is 0 Å². The molecule has 1 aromatic rings. The highest BCUT2D eigenvalue weighted by Gasteiger charge is 2.33. The fraction of sp³-hybridized carbons (Fsp3) is 0.818. The third-order valence-corrected chi connectivity index (χ3v) is 6.60. The quantitative estimate of drug-likeness (QED) is 0.515. The van der Waals surface area contributed by atoms with Crippen molar-refractivity contribution in [1.82, 2.24) is 5.16 Å². The lowest BCUT2D eigenvalue weighted by molar-refractivity contribution is 0.210. The van der Waals surface area contributed by atoms with E-state index in [0.29, 0.717) is 11.8 Å². The van der Waals surface area contributed by atoms with Gasteiger partial charge in [0.25, 0.3) is 5.88 Å². The Morgan fingerprint density at radius 2 is 2.00 bits per heavy atom. The number of aliphatic hydroxyl groups is 1.